The van der Waals surface area contributed by atoms with Crippen molar-refractivity contribution in [1.29, 1.82) is 0 Å². The fourth-order valence-corrected chi connectivity index (χ4v) is 2.17. The second-order valence-corrected chi connectivity index (χ2v) is 5.25. The molecule has 1 unspecified atom stereocenters. The van der Waals surface area contributed by atoms with Crippen LogP contribution >= 0.6 is 15.9 Å². The fourth-order valence-electron chi connectivity index (χ4n) is 1.91. The first-order chi connectivity index (χ1) is 9.10. The summed E-state index contributed by atoms with van der Waals surface area (Å²) in [5.74, 6) is -0.147. The molecule has 0 heterocycles. The van der Waals surface area contributed by atoms with E-state index >= 15 is 0 Å². The van der Waals surface area contributed by atoms with Gasteiger partial charge < -0.3 is 10.5 Å². The van der Waals surface area contributed by atoms with E-state index in [1.807, 2.05) is 24.3 Å². The van der Waals surface area contributed by atoms with Crippen LogP contribution in [0.1, 0.15) is 17.2 Å². The number of benzene rings is 2. The zero-order valence-electron chi connectivity index (χ0n) is 10.6. The molecule has 0 saturated carbocycles. The molecular weight excluding hydrogens is 309 g/mol. The summed E-state index contributed by atoms with van der Waals surface area (Å²) in [5.41, 5.74) is 7.99. The van der Waals surface area contributed by atoms with E-state index in [0.29, 0.717) is 6.42 Å². The quantitative estimate of drug-likeness (QED) is 0.927. The molecule has 1 atom stereocenters. The molecular formula is C15H15BrFNO. The first-order valence-electron chi connectivity index (χ1n) is 5.93. The van der Waals surface area contributed by atoms with Gasteiger partial charge >= 0.3 is 0 Å². The number of ether oxygens (including phenoxy) is 1. The lowest BCUT2D eigenvalue weighted by molar-refractivity contribution is 0.386. The third-order valence-corrected chi connectivity index (χ3v) is 3.50. The molecule has 0 bridgehead atoms. The Bertz CT molecular complexity index is 557. The molecule has 0 aliphatic carbocycles. The van der Waals surface area contributed by atoms with Crippen LogP contribution in [-0.2, 0) is 6.42 Å². The molecule has 0 spiro atoms. The van der Waals surface area contributed by atoms with Gasteiger partial charge in [0, 0.05) is 10.5 Å². The zero-order chi connectivity index (χ0) is 13.8. The number of rotatable bonds is 4. The van der Waals surface area contributed by atoms with Gasteiger partial charge in [-0.15, -0.1) is 0 Å². The maximum absolute atomic E-state index is 13.6. The largest absolute Gasteiger partial charge is 0.494 e. The van der Waals surface area contributed by atoms with E-state index in [1.54, 1.807) is 12.1 Å². The average molecular weight is 324 g/mol. The molecule has 0 radical (unpaired) electrons. The van der Waals surface area contributed by atoms with Crippen LogP contribution in [-0.4, -0.2) is 7.11 Å². The molecule has 2 rings (SSSR count). The molecule has 0 saturated heterocycles. The standard InChI is InChI=1S/C15H15BrFNO/c1-19-15-7-4-11(9-13(15)17)14(18)8-10-2-5-12(16)6-3-10/h2-7,9,14H,8,18H2,1H3. The number of methoxy groups -OCH3 is 1. The monoisotopic (exact) mass is 323 g/mol. The molecule has 0 amide bonds. The summed E-state index contributed by atoms with van der Waals surface area (Å²) in [6, 6.07) is 12.5. The minimum atomic E-state index is -0.383. The Kier molecular flexibility index (Phi) is 4.56. The third-order valence-electron chi connectivity index (χ3n) is 2.97. The zero-order valence-corrected chi connectivity index (χ0v) is 12.2. The Morgan fingerprint density at radius 1 is 1.21 bits per heavy atom. The highest BCUT2D eigenvalue weighted by molar-refractivity contribution is 9.10. The lowest BCUT2D eigenvalue weighted by Gasteiger charge is -2.13. The minimum absolute atomic E-state index is 0.235. The maximum atomic E-state index is 13.6. The van der Waals surface area contributed by atoms with Gasteiger partial charge in [0.15, 0.2) is 11.6 Å². The predicted octanol–water partition coefficient (Wildman–Crippen LogP) is 3.84. The lowest BCUT2D eigenvalue weighted by atomic mass is 9.99. The van der Waals surface area contributed by atoms with Gasteiger partial charge in [0.25, 0.3) is 0 Å². The molecule has 0 fully saturated rings. The molecule has 100 valence electrons. The van der Waals surface area contributed by atoms with Crippen molar-refractivity contribution >= 4 is 15.9 Å². The summed E-state index contributed by atoms with van der Waals surface area (Å²) in [7, 11) is 1.44. The van der Waals surface area contributed by atoms with Crippen molar-refractivity contribution in [1.82, 2.24) is 0 Å². The molecule has 2 aromatic carbocycles. The van der Waals surface area contributed by atoms with Crippen LogP contribution in [0.25, 0.3) is 0 Å². The van der Waals surface area contributed by atoms with Gasteiger partial charge in [-0.05, 0) is 41.8 Å². The van der Waals surface area contributed by atoms with Crippen LogP contribution in [0, 0.1) is 5.82 Å². The van der Waals surface area contributed by atoms with Crippen LogP contribution in [0.4, 0.5) is 4.39 Å². The van der Waals surface area contributed by atoms with E-state index in [-0.39, 0.29) is 17.6 Å². The van der Waals surface area contributed by atoms with Crippen molar-refractivity contribution in [2.75, 3.05) is 7.11 Å². The third kappa shape index (κ3) is 3.55. The van der Waals surface area contributed by atoms with Crippen LogP contribution < -0.4 is 10.5 Å². The van der Waals surface area contributed by atoms with Gasteiger partial charge in [0.05, 0.1) is 7.11 Å². The minimum Gasteiger partial charge on any atom is -0.494 e. The summed E-state index contributed by atoms with van der Waals surface area (Å²) in [4.78, 5) is 0. The molecule has 0 aliphatic rings. The topological polar surface area (TPSA) is 35.2 Å². The van der Waals surface area contributed by atoms with Crippen molar-refractivity contribution in [3.8, 4) is 5.75 Å². The molecule has 2 N–H and O–H groups in total. The molecule has 0 aromatic heterocycles. The van der Waals surface area contributed by atoms with Gasteiger partial charge in [-0.3, -0.25) is 0 Å². The smallest absolute Gasteiger partial charge is 0.165 e. The normalized spacial score (nSPS) is 12.2. The van der Waals surface area contributed by atoms with E-state index in [2.05, 4.69) is 15.9 Å². The van der Waals surface area contributed by atoms with Gasteiger partial charge in [0.1, 0.15) is 0 Å². The van der Waals surface area contributed by atoms with Gasteiger partial charge in [-0.1, -0.05) is 34.1 Å². The Morgan fingerprint density at radius 3 is 2.47 bits per heavy atom. The van der Waals surface area contributed by atoms with Crippen LogP contribution in [0.15, 0.2) is 46.9 Å². The van der Waals surface area contributed by atoms with Crippen LogP contribution in [0.2, 0.25) is 0 Å². The second kappa shape index (κ2) is 6.17. The van der Waals surface area contributed by atoms with E-state index in [0.717, 1.165) is 15.6 Å². The molecule has 0 aliphatic heterocycles. The van der Waals surface area contributed by atoms with Crippen molar-refractivity contribution in [3.63, 3.8) is 0 Å². The summed E-state index contributed by atoms with van der Waals surface area (Å²) >= 11 is 3.39. The molecule has 19 heavy (non-hydrogen) atoms. The highest BCUT2D eigenvalue weighted by Crippen LogP contribution is 2.23. The highest BCUT2D eigenvalue weighted by Gasteiger charge is 2.10. The van der Waals surface area contributed by atoms with Crippen molar-refractivity contribution in [2.45, 2.75) is 12.5 Å². The van der Waals surface area contributed by atoms with Crippen molar-refractivity contribution < 1.29 is 9.13 Å². The van der Waals surface area contributed by atoms with E-state index < -0.39 is 0 Å². The fraction of sp³-hybridized carbons (Fsp3) is 0.200. The Morgan fingerprint density at radius 2 is 1.89 bits per heavy atom. The Labute approximate surface area is 120 Å². The van der Waals surface area contributed by atoms with E-state index in [1.165, 1.54) is 13.2 Å². The van der Waals surface area contributed by atoms with E-state index in [4.69, 9.17) is 10.5 Å². The number of halogens is 2. The van der Waals surface area contributed by atoms with Crippen LogP contribution in [0.3, 0.4) is 0 Å². The summed E-state index contributed by atoms with van der Waals surface area (Å²) in [5, 5.41) is 0. The number of nitrogens with two attached hydrogens (primary N) is 1. The summed E-state index contributed by atoms with van der Waals surface area (Å²) in [6.07, 6.45) is 0.666. The summed E-state index contributed by atoms with van der Waals surface area (Å²) in [6.45, 7) is 0. The Balaban J connectivity index is 2.13. The van der Waals surface area contributed by atoms with Gasteiger partial charge in [-0.25, -0.2) is 4.39 Å². The first kappa shape index (κ1) is 14.0. The molecule has 2 aromatic rings. The average Bonchev–Trinajstić information content (AvgIpc) is 2.41. The predicted molar refractivity (Wildman–Crippen MR) is 77.7 cm³/mol. The van der Waals surface area contributed by atoms with Crippen molar-refractivity contribution in [3.05, 3.63) is 63.9 Å². The maximum Gasteiger partial charge on any atom is 0.165 e. The SMILES string of the molecule is COc1ccc(C(N)Cc2ccc(Br)cc2)cc1F. The van der Waals surface area contributed by atoms with Crippen LogP contribution in [0.5, 0.6) is 5.75 Å². The van der Waals surface area contributed by atoms with Gasteiger partial charge in [0.2, 0.25) is 0 Å². The van der Waals surface area contributed by atoms with Gasteiger partial charge in [-0.2, -0.15) is 0 Å². The van der Waals surface area contributed by atoms with E-state index in [9.17, 15) is 4.39 Å². The highest BCUT2D eigenvalue weighted by atomic mass is 79.9. The lowest BCUT2D eigenvalue weighted by Crippen LogP contribution is -2.13. The first-order valence-corrected chi connectivity index (χ1v) is 6.73. The van der Waals surface area contributed by atoms with Crippen molar-refractivity contribution in [2.24, 2.45) is 5.73 Å². The Hall–Kier alpha value is -1.39. The second-order valence-electron chi connectivity index (χ2n) is 4.33. The number of hydrogen-bond acceptors (Lipinski definition) is 2. The number of hydrogen-bond donors (Lipinski definition) is 1. The molecule has 4 heteroatoms. The summed E-state index contributed by atoms with van der Waals surface area (Å²) < 4.78 is 19.5. The molecule has 2 nitrogen and oxygen atoms in total.